The van der Waals surface area contributed by atoms with Crippen LogP contribution in [0.3, 0.4) is 0 Å². The molecular formula is C12H24N4O3S. The van der Waals surface area contributed by atoms with E-state index in [0.29, 0.717) is 13.0 Å². The van der Waals surface area contributed by atoms with Crippen LogP contribution in [-0.2, 0) is 16.6 Å². The summed E-state index contributed by atoms with van der Waals surface area (Å²) in [4.78, 5) is -0.00506. The van der Waals surface area contributed by atoms with Gasteiger partial charge in [0.2, 0.25) is 10.0 Å². The van der Waals surface area contributed by atoms with Gasteiger partial charge in [-0.2, -0.15) is 5.10 Å². The Morgan fingerprint density at radius 3 is 2.65 bits per heavy atom. The van der Waals surface area contributed by atoms with Crippen LogP contribution in [0.25, 0.3) is 0 Å². The first kappa shape index (κ1) is 16.9. The van der Waals surface area contributed by atoms with E-state index in [2.05, 4.69) is 9.82 Å². The topological polar surface area (TPSA) is 110 Å². The zero-order valence-corrected chi connectivity index (χ0v) is 13.0. The van der Waals surface area contributed by atoms with Gasteiger partial charge in [0, 0.05) is 25.4 Å². The minimum absolute atomic E-state index is 0.00236. The second kappa shape index (κ2) is 7.05. The van der Waals surface area contributed by atoms with Gasteiger partial charge in [-0.3, -0.25) is 4.68 Å². The van der Waals surface area contributed by atoms with Crippen LogP contribution in [0.5, 0.6) is 0 Å². The van der Waals surface area contributed by atoms with Crippen molar-refractivity contribution in [2.45, 2.75) is 51.1 Å². The van der Waals surface area contributed by atoms with Crippen molar-refractivity contribution in [2.24, 2.45) is 5.92 Å². The number of nitrogens with two attached hydrogens (primary N) is 1. The highest BCUT2D eigenvalue weighted by atomic mass is 32.2. The van der Waals surface area contributed by atoms with Crippen molar-refractivity contribution in [1.82, 2.24) is 14.5 Å². The molecule has 1 unspecified atom stereocenters. The number of sulfonamides is 1. The Morgan fingerprint density at radius 2 is 2.15 bits per heavy atom. The van der Waals surface area contributed by atoms with Crippen molar-refractivity contribution in [1.29, 1.82) is 0 Å². The first-order valence-corrected chi connectivity index (χ1v) is 8.26. The van der Waals surface area contributed by atoms with Crippen LogP contribution in [0.2, 0.25) is 0 Å². The molecule has 0 aromatic carbocycles. The Labute approximate surface area is 120 Å². The van der Waals surface area contributed by atoms with E-state index in [1.165, 1.54) is 10.9 Å². The van der Waals surface area contributed by atoms with Gasteiger partial charge in [-0.25, -0.2) is 13.1 Å². The van der Waals surface area contributed by atoms with Crippen molar-refractivity contribution < 1.29 is 13.5 Å². The number of anilines is 1. The normalized spacial score (nSPS) is 13.8. The third-order valence-corrected chi connectivity index (χ3v) is 4.56. The summed E-state index contributed by atoms with van der Waals surface area (Å²) in [6, 6.07) is -0.334. The fourth-order valence-corrected chi connectivity index (χ4v) is 3.39. The zero-order valence-electron chi connectivity index (χ0n) is 12.2. The maximum Gasteiger partial charge on any atom is 0.246 e. The van der Waals surface area contributed by atoms with Crippen LogP contribution in [0.4, 0.5) is 5.82 Å². The molecule has 0 radical (unpaired) electrons. The second-order valence-electron chi connectivity index (χ2n) is 5.13. The van der Waals surface area contributed by atoms with Crippen molar-refractivity contribution in [3.63, 3.8) is 0 Å². The van der Waals surface area contributed by atoms with Crippen LogP contribution < -0.4 is 10.5 Å². The minimum Gasteiger partial charge on any atom is -0.396 e. The number of hydrogen-bond donors (Lipinski definition) is 3. The van der Waals surface area contributed by atoms with E-state index in [1.54, 1.807) is 0 Å². The molecule has 0 fully saturated rings. The highest BCUT2D eigenvalue weighted by Gasteiger charge is 2.26. The van der Waals surface area contributed by atoms with Gasteiger partial charge in [0.05, 0.1) is 0 Å². The van der Waals surface area contributed by atoms with Crippen molar-refractivity contribution in [3.8, 4) is 0 Å². The van der Waals surface area contributed by atoms with E-state index in [9.17, 15) is 8.42 Å². The number of nitrogens with zero attached hydrogens (tertiary/aromatic N) is 2. The highest BCUT2D eigenvalue weighted by molar-refractivity contribution is 7.89. The molecule has 4 N–H and O–H groups in total. The molecule has 7 nitrogen and oxygen atoms in total. The molecule has 20 heavy (non-hydrogen) atoms. The van der Waals surface area contributed by atoms with Crippen molar-refractivity contribution in [3.05, 3.63) is 6.20 Å². The van der Waals surface area contributed by atoms with Crippen molar-refractivity contribution >= 4 is 15.8 Å². The Balaban J connectivity index is 2.97. The van der Waals surface area contributed by atoms with Gasteiger partial charge in [-0.15, -0.1) is 0 Å². The summed E-state index contributed by atoms with van der Waals surface area (Å²) in [5.74, 6) is 0.0706. The number of aromatic nitrogens is 2. The number of aryl methyl sites for hydroxylation is 1. The molecule has 0 aliphatic carbocycles. The Morgan fingerprint density at radius 1 is 1.50 bits per heavy atom. The third-order valence-electron chi connectivity index (χ3n) is 3.05. The van der Waals surface area contributed by atoms with Crippen LogP contribution in [0, 0.1) is 5.92 Å². The number of aliphatic hydroxyl groups is 1. The van der Waals surface area contributed by atoms with Gasteiger partial charge in [0.25, 0.3) is 0 Å². The van der Waals surface area contributed by atoms with E-state index in [0.717, 1.165) is 6.42 Å². The molecule has 1 heterocycles. The van der Waals surface area contributed by atoms with Gasteiger partial charge in [0.1, 0.15) is 4.90 Å². The number of aliphatic hydroxyl groups excluding tert-OH is 1. The average molecular weight is 304 g/mol. The lowest BCUT2D eigenvalue weighted by atomic mass is 10.0. The molecule has 0 bridgehead atoms. The number of nitrogens with one attached hydrogen (secondary N) is 1. The quantitative estimate of drug-likeness (QED) is 0.650. The van der Waals surface area contributed by atoms with E-state index in [-0.39, 0.29) is 29.3 Å². The second-order valence-corrected chi connectivity index (χ2v) is 6.81. The van der Waals surface area contributed by atoms with E-state index in [1.807, 2.05) is 20.8 Å². The monoisotopic (exact) mass is 304 g/mol. The summed E-state index contributed by atoms with van der Waals surface area (Å²) in [7, 11) is -3.72. The molecule has 1 aromatic rings. The molecule has 0 amide bonds. The summed E-state index contributed by atoms with van der Waals surface area (Å²) >= 11 is 0. The molecule has 8 heteroatoms. The lowest BCUT2D eigenvalue weighted by molar-refractivity contribution is 0.256. The first-order valence-electron chi connectivity index (χ1n) is 6.78. The van der Waals surface area contributed by atoms with Crippen LogP contribution in [0.15, 0.2) is 11.1 Å². The molecule has 0 spiro atoms. The predicted octanol–water partition coefficient (Wildman–Crippen LogP) is 0.561. The molecule has 116 valence electrons. The lowest BCUT2D eigenvalue weighted by Gasteiger charge is -2.20. The molecule has 0 saturated carbocycles. The molecule has 0 aliphatic rings. The predicted molar refractivity (Wildman–Crippen MR) is 77.6 cm³/mol. The molecular weight excluding hydrogens is 280 g/mol. The minimum atomic E-state index is -3.72. The Kier molecular flexibility index (Phi) is 5.97. The van der Waals surface area contributed by atoms with Crippen LogP contribution in [-0.4, -0.2) is 36.0 Å². The van der Waals surface area contributed by atoms with Gasteiger partial charge in [0.15, 0.2) is 5.82 Å². The largest absolute Gasteiger partial charge is 0.396 e. The van der Waals surface area contributed by atoms with Gasteiger partial charge in [-0.05, 0) is 18.8 Å². The third kappa shape index (κ3) is 4.19. The highest BCUT2D eigenvalue weighted by Crippen LogP contribution is 2.18. The average Bonchev–Trinajstić information content (AvgIpc) is 2.71. The summed E-state index contributed by atoms with van der Waals surface area (Å²) < 4.78 is 28.8. The van der Waals surface area contributed by atoms with Crippen LogP contribution in [0.1, 0.15) is 33.6 Å². The van der Waals surface area contributed by atoms with E-state index in [4.69, 9.17) is 10.8 Å². The van der Waals surface area contributed by atoms with Crippen LogP contribution >= 0.6 is 0 Å². The maximum atomic E-state index is 12.3. The fourth-order valence-electron chi connectivity index (χ4n) is 1.90. The lowest BCUT2D eigenvalue weighted by Crippen LogP contribution is -2.39. The Hall–Kier alpha value is -1.12. The molecule has 1 rings (SSSR count). The van der Waals surface area contributed by atoms with Gasteiger partial charge < -0.3 is 10.8 Å². The van der Waals surface area contributed by atoms with E-state index < -0.39 is 10.0 Å². The number of nitrogen functional groups attached to an aromatic ring is 1. The Bertz CT molecular complexity index is 525. The summed E-state index contributed by atoms with van der Waals surface area (Å²) in [6.07, 6.45) is 2.64. The summed E-state index contributed by atoms with van der Waals surface area (Å²) in [5, 5.41) is 13.0. The molecule has 1 aromatic heterocycles. The zero-order chi connectivity index (χ0) is 15.3. The SMILES string of the molecule is CCCn1cc(S(=O)(=O)NC(CCO)C(C)C)c(N)n1. The molecule has 1 atom stereocenters. The first-order chi connectivity index (χ1) is 9.31. The molecule has 0 aliphatic heterocycles. The van der Waals surface area contributed by atoms with Gasteiger partial charge in [-0.1, -0.05) is 20.8 Å². The smallest absolute Gasteiger partial charge is 0.246 e. The molecule has 0 saturated heterocycles. The van der Waals surface area contributed by atoms with Gasteiger partial charge >= 0.3 is 0 Å². The van der Waals surface area contributed by atoms with Crippen molar-refractivity contribution in [2.75, 3.05) is 12.3 Å². The standard InChI is InChI=1S/C12H24N4O3S/c1-4-6-16-8-11(12(13)14-16)20(18,19)15-10(5-7-17)9(2)3/h8-10,15,17H,4-7H2,1-3H3,(H2,13,14). The van der Waals surface area contributed by atoms with E-state index >= 15 is 0 Å². The number of hydrogen-bond acceptors (Lipinski definition) is 5. The fraction of sp³-hybridized carbons (Fsp3) is 0.750. The maximum absolute atomic E-state index is 12.3. The number of rotatable bonds is 8. The summed E-state index contributed by atoms with van der Waals surface area (Å²) in [5.41, 5.74) is 5.68. The summed E-state index contributed by atoms with van der Waals surface area (Å²) in [6.45, 7) is 6.31.